The SMILES string of the molecule is Cc1ccc(C(=O)N2CC[C@H](F)C2)cc1. The van der Waals surface area contributed by atoms with Crippen LogP contribution in [0, 0.1) is 6.92 Å². The van der Waals surface area contributed by atoms with E-state index in [2.05, 4.69) is 0 Å². The van der Waals surface area contributed by atoms with Gasteiger partial charge < -0.3 is 4.90 Å². The van der Waals surface area contributed by atoms with Crippen LogP contribution >= 0.6 is 0 Å². The summed E-state index contributed by atoms with van der Waals surface area (Å²) in [5.41, 5.74) is 1.77. The number of alkyl halides is 1. The molecule has 2 nitrogen and oxygen atoms in total. The average Bonchev–Trinajstić information content (AvgIpc) is 2.65. The third kappa shape index (κ3) is 2.17. The summed E-state index contributed by atoms with van der Waals surface area (Å²) in [5, 5.41) is 0. The number of halogens is 1. The monoisotopic (exact) mass is 207 g/mol. The topological polar surface area (TPSA) is 20.3 Å². The number of benzene rings is 1. The number of carbonyl (C=O) groups excluding carboxylic acids is 1. The predicted octanol–water partition coefficient (Wildman–Crippen LogP) is 2.18. The molecule has 80 valence electrons. The van der Waals surface area contributed by atoms with Gasteiger partial charge >= 0.3 is 0 Å². The summed E-state index contributed by atoms with van der Waals surface area (Å²) in [7, 11) is 0. The summed E-state index contributed by atoms with van der Waals surface area (Å²) in [6, 6.07) is 7.39. The number of hydrogen-bond donors (Lipinski definition) is 0. The molecule has 0 unspecified atom stereocenters. The van der Waals surface area contributed by atoms with Crippen molar-refractivity contribution in [3.05, 3.63) is 35.4 Å². The van der Waals surface area contributed by atoms with Gasteiger partial charge in [0.25, 0.3) is 5.91 Å². The molecule has 1 saturated heterocycles. The minimum Gasteiger partial charge on any atom is -0.336 e. The predicted molar refractivity (Wildman–Crippen MR) is 56.6 cm³/mol. The molecule has 0 radical (unpaired) electrons. The molecule has 0 saturated carbocycles. The molecular formula is C12H14FNO. The lowest BCUT2D eigenvalue weighted by atomic mass is 10.1. The van der Waals surface area contributed by atoms with E-state index in [4.69, 9.17) is 0 Å². The van der Waals surface area contributed by atoms with Gasteiger partial charge in [0.1, 0.15) is 6.17 Å². The Bertz CT molecular complexity index is 360. The zero-order valence-electron chi connectivity index (χ0n) is 8.74. The van der Waals surface area contributed by atoms with E-state index in [1.807, 2.05) is 19.1 Å². The van der Waals surface area contributed by atoms with E-state index >= 15 is 0 Å². The molecule has 0 spiro atoms. The van der Waals surface area contributed by atoms with Crippen LogP contribution in [0.25, 0.3) is 0 Å². The molecule has 1 fully saturated rings. The zero-order valence-corrected chi connectivity index (χ0v) is 8.74. The van der Waals surface area contributed by atoms with Crippen LogP contribution in [0.4, 0.5) is 4.39 Å². The second-order valence-electron chi connectivity index (χ2n) is 4.00. The van der Waals surface area contributed by atoms with Gasteiger partial charge in [0.05, 0.1) is 6.54 Å². The van der Waals surface area contributed by atoms with Crippen LogP contribution in [0.15, 0.2) is 24.3 Å². The number of rotatable bonds is 1. The van der Waals surface area contributed by atoms with Gasteiger partial charge in [0.15, 0.2) is 0 Å². The zero-order chi connectivity index (χ0) is 10.8. The van der Waals surface area contributed by atoms with E-state index in [1.54, 1.807) is 17.0 Å². The number of likely N-dealkylation sites (tertiary alicyclic amines) is 1. The molecule has 1 aliphatic heterocycles. The summed E-state index contributed by atoms with van der Waals surface area (Å²) < 4.78 is 12.9. The van der Waals surface area contributed by atoms with Crippen molar-refractivity contribution >= 4 is 5.91 Å². The van der Waals surface area contributed by atoms with E-state index in [0.29, 0.717) is 18.5 Å². The molecule has 1 heterocycles. The van der Waals surface area contributed by atoms with Crippen LogP contribution < -0.4 is 0 Å². The van der Waals surface area contributed by atoms with Crippen LogP contribution in [0.3, 0.4) is 0 Å². The molecule has 15 heavy (non-hydrogen) atoms. The lowest BCUT2D eigenvalue weighted by Gasteiger charge is -2.15. The van der Waals surface area contributed by atoms with Crippen LogP contribution in [0.1, 0.15) is 22.3 Å². The van der Waals surface area contributed by atoms with Crippen molar-refractivity contribution in [1.82, 2.24) is 4.90 Å². The first-order chi connectivity index (χ1) is 7.16. The van der Waals surface area contributed by atoms with Gasteiger partial charge in [-0.2, -0.15) is 0 Å². The third-order valence-electron chi connectivity index (χ3n) is 2.72. The number of carbonyl (C=O) groups is 1. The molecule has 1 amide bonds. The van der Waals surface area contributed by atoms with E-state index < -0.39 is 6.17 Å². The van der Waals surface area contributed by atoms with Crippen molar-refractivity contribution in [3.8, 4) is 0 Å². The van der Waals surface area contributed by atoms with Gasteiger partial charge in [-0.3, -0.25) is 4.79 Å². The van der Waals surface area contributed by atoms with Crippen molar-refractivity contribution in [1.29, 1.82) is 0 Å². The maximum atomic E-state index is 12.9. The number of nitrogens with zero attached hydrogens (tertiary/aromatic N) is 1. The first-order valence-electron chi connectivity index (χ1n) is 5.17. The second kappa shape index (κ2) is 4.01. The Morgan fingerprint density at radius 1 is 1.40 bits per heavy atom. The smallest absolute Gasteiger partial charge is 0.253 e. The van der Waals surface area contributed by atoms with Crippen LogP contribution in [-0.4, -0.2) is 30.1 Å². The van der Waals surface area contributed by atoms with Crippen LogP contribution in [-0.2, 0) is 0 Å². The van der Waals surface area contributed by atoms with Gasteiger partial charge in [-0.1, -0.05) is 17.7 Å². The molecule has 1 aliphatic rings. The Labute approximate surface area is 88.7 Å². The fourth-order valence-corrected chi connectivity index (χ4v) is 1.78. The Morgan fingerprint density at radius 2 is 2.07 bits per heavy atom. The number of aryl methyl sites for hydroxylation is 1. The van der Waals surface area contributed by atoms with Crippen molar-refractivity contribution in [2.45, 2.75) is 19.5 Å². The summed E-state index contributed by atoms with van der Waals surface area (Å²) in [5.74, 6) is -0.0600. The quantitative estimate of drug-likeness (QED) is 0.691. The molecule has 0 aliphatic carbocycles. The molecule has 3 heteroatoms. The normalized spacial score (nSPS) is 20.7. The van der Waals surface area contributed by atoms with Crippen molar-refractivity contribution in [2.75, 3.05) is 13.1 Å². The molecule has 0 aromatic heterocycles. The van der Waals surface area contributed by atoms with E-state index in [0.717, 1.165) is 5.56 Å². The maximum absolute atomic E-state index is 12.9. The molecular weight excluding hydrogens is 193 g/mol. The third-order valence-corrected chi connectivity index (χ3v) is 2.72. The Balaban J connectivity index is 2.11. The van der Waals surface area contributed by atoms with E-state index in [1.165, 1.54) is 0 Å². The largest absolute Gasteiger partial charge is 0.336 e. The van der Waals surface area contributed by atoms with Gasteiger partial charge in [-0.15, -0.1) is 0 Å². The Morgan fingerprint density at radius 3 is 2.60 bits per heavy atom. The molecule has 1 atom stereocenters. The summed E-state index contributed by atoms with van der Waals surface area (Å²) in [4.78, 5) is 13.4. The summed E-state index contributed by atoms with van der Waals surface area (Å²) in [6.07, 6.45) is -0.378. The molecule has 2 rings (SSSR count). The highest BCUT2D eigenvalue weighted by Crippen LogP contribution is 2.15. The number of amides is 1. The van der Waals surface area contributed by atoms with Crippen LogP contribution in [0.2, 0.25) is 0 Å². The fraction of sp³-hybridized carbons (Fsp3) is 0.417. The van der Waals surface area contributed by atoms with Crippen molar-refractivity contribution in [2.24, 2.45) is 0 Å². The van der Waals surface area contributed by atoms with Gasteiger partial charge in [-0.05, 0) is 25.5 Å². The van der Waals surface area contributed by atoms with Crippen molar-refractivity contribution in [3.63, 3.8) is 0 Å². The fourth-order valence-electron chi connectivity index (χ4n) is 1.78. The second-order valence-corrected chi connectivity index (χ2v) is 4.00. The Hall–Kier alpha value is -1.38. The standard InChI is InChI=1S/C12H14FNO/c1-9-2-4-10(5-3-9)12(15)14-7-6-11(13)8-14/h2-5,11H,6-8H2,1H3/t11-/m0/s1. The van der Waals surface area contributed by atoms with Gasteiger partial charge in [0.2, 0.25) is 0 Å². The minimum atomic E-state index is -0.848. The number of hydrogen-bond acceptors (Lipinski definition) is 1. The van der Waals surface area contributed by atoms with Gasteiger partial charge in [0, 0.05) is 12.1 Å². The lowest BCUT2D eigenvalue weighted by molar-refractivity contribution is 0.0783. The van der Waals surface area contributed by atoms with Gasteiger partial charge in [-0.25, -0.2) is 4.39 Å². The molecule has 0 N–H and O–H groups in total. The highest BCUT2D eigenvalue weighted by Gasteiger charge is 2.26. The minimum absolute atomic E-state index is 0.0600. The first-order valence-corrected chi connectivity index (χ1v) is 5.17. The molecule has 0 bridgehead atoms. The van der Waals surface area contributed by atoms with E-state index in [9.17, 15) is 9.18 Å². The maximum Gasteiger partial charge on any atom is 0.253 e. The van der Waals surface area contributed by atoms with Crippen molar-refractivity contribution < 1.29 is 9.18 Å². The molecule has 1 aromatic rings. The lowest BCUT2D eigenvalue weighted by Crippen LogP contribution is -2.28. The first kappa shape index (κ1) is 10.1. The average molecular weight is 207 g/mol. The summed E-state index contributed by atoms with van der Waals surface area (Å²) >= 11 is 0. The highest BCUT2D eigenvalue weighted by atomic mass is 19.1. The Kier molecular flexibility index (Phi) is 2.71. The molecule has 1 aromatic carbocycles. The van der Waals surface area contributed by atoms with Crippen LogP contribution in [0.5, 0.6) is 0 Å². The van der Waals surface area contributed by atoms with E-state index in [-0.39, 0.29) is 12.5 Å². The summed E-state index contributed by atoms with van der Waals surface area (Å²) in [6.45, 7) is 2.75. The highest BCUT2D eigenvalue weighted by molar-refractivity contribution is 5.94.